The quantitative estimate of drug-likeness (QED) is 0.166. The minimum Gasteiger partial charge on any atom is -0.490 e. The van der Waals surface area contributed by atoms with Gasteiger partial charge in [-0.1, -0.05) is 11.6 Å². The van der Waals surface area contributed by atoms with Gasteiger partial charge in [-0.25, -0.2) is 0 Å². The predicted molar refractivity (Wildman–Crippen MR) is 219 cm³/mol. The number of nitriles is 1. The monoisotopic (exact) mass is 801 g/mol. The Labute approximate surface area is 340 Å². The number of benzene rings is 2. The summed E-state index contributed by atoms with van der Waals surface area (Å²) in [5.74, 6) is 3.90. The van der Waals surface area contributed by atoms with Crippen LogP contribution in [0.5, 0.6) is 11.5 Å². The van der Waals surface area contributed by atoms with E-state index in [-0.39, 0.29) is 24.2 Å². The Morgan fingerprint density at radius 3 is 2.35 bits per heavy atom. The number of nitrogens with zero attached hydrogens (tertiary/aromatic N) is 8. The molecule has 5 heterocycles. The van der Waals surface area contributed by atoms with Crippen molar-refractivity contribution in [2.45, 2.75) is 96.9 Å². The van der Waals surface area contributed by atoms with E-state index in [1.807, 2.05) is 13.0 Å². The van der Waals surface area contributed by atoms with Crippen molar-refractivity contribution >= 4 is 40.4 Å². The third-order valence-electron chi connectivity index (χ3n) is 12.2. The smallest absolute Gasteiger partial charge is 0.272 e. The van der Waals surface area contributed by atoms with E-state index < -0.39 is 0 Å². The second-order valence-corrected chi connectivity index (χ2v) is 17.5. The number of anilines is 1. The fourth-order valence-electron chi connectivity index (χ4n) is 8.83. The van der Waals surface area contributed by atoms with Crippen LogP contribution in [0.3, 0.4) is 0 Å². The van der Waals surface area contributed by atoms with E-state index in [0.29, 0.717) is 34.0 Å². The SMILES string of the molecule is Cc1sc2c(c1C)C(c1ccc(OC3CC4(CCN(c5ccc(C(=O)N[C@H]6CC[C@H](Oc7ccc(C#N)c(Cl)c7)CC6)nn5)CC4)C3)cc1)=NCc1nnc(C)n1-2. The lowest BCUT2D eigenvalue weighted by Gasteiger charge is -2.51. The molecule has 12 nitrogen and oxygen atoms in total. The van der Waals surface area contributed by atoms with E-state index in [9.17, 15) is 4.79 Å². The largest absolute Gasteiger partial charge is 0.490 e. The average Bonchev–Trinajstić information content (AvgIpc) is 3.66. The summed E-state index contributed by atoms with van der Waals surface area (Å²) in [6, 6.07) is 19.4. The number of nitrogens with one attached hydrogen (secondary N) is 1. The summed E-state index contributed by atoms with van der Waals surface area (Å²) in [6.07, 6.45) is 7.73. The first-order valence-electron chi connectivity index (χ1n) is 19.7. The number of thiophene rings is 1. The zero-order chi connectivity index (χ0) is 39.3. The lowest BCUT2D eigenvalue weighted by Crippen LogP contribution is -2.51. The molecule has 1 N–H and O–H groups in total. The maximum atomic E-state index is 13.0. The van der Waals surface area contributed by atoms with E-state index in [4.69, 9.17) is 31.3 Å². The highest BCUT2D eigenvalue weighted by Gasteiger charge is 2.47. The zero-order valence-electron chi connectivity index (χ0n) is 32.3. The van der Waals surface area contributed by atoms with Gasteiger partial charge in [0.1, 0.15) is 34.9 Å². The standard InChI is InChI=1S/C43H44ClN9O3S/c1-25-26(2)57-42-39(25)40(46-24-38-51-48-27(3)53(38)42)28-4-9-31(10-5-28)56-34-21-43(22-34)16-18-52(19-17-43)37-15-14-36(49-50-37)41(54)47-30-7-12-32(13-8-30)55-33-11-6-29(23-45)35(44)20-33/h4-6,9-11,14-15,20,30,32,34H,7-8,12-13,16-19,21-22,24H2,1-3H3,(H,47,54)/t30-,32-. The molecule has 3 aromatic heterocycles. The highest BCUT2D eigenvalue weighted by molar-refractivity contribution is 7.15. The molecule has 0 bridgehead atoms. The molecule has 57 heavy (non-hydrogen) atoms. The van der Waals surface area contributed by atoms with Gasteiger partial charge in [-0.2, -0.15) is 5.26 Å². The fraction of sp³-hybridized carbons (Fsp3) is 0.419. The van der Waals surface area contributed by atoms with Crippen LogP contribution in [-0.4, -0.2) is 67.9 Å². The molecule has 1 saturated heterocycles. The normalized spacial score (nSPS) is 20.1. The van der Waals surface area contributed by atoms with Crippen molar-refractivity contribution in [1.29, 1.82) is 5.26 Å². The lowest BCUT2D eigenvalue weighted by molar-refractivity contribution is -0.0311. The Bertz CT molecular complexity index is 2380. The Kier molecular flexibility index (Phi) is 9.95. The molecule has 2 aliphatic heterocycles. The van der Waals surface area contributed by atoms with Crippen LogP contribution in [0.4, 0.5) is 5.82 Å². The van der Waals surface area contributed by atoms with Gasteiger partial charge in [0.15, 0.2) is 17.3 Å². The Balaban J connectivity index is 0.730. The molecule has 2 aromatic carbocycles. The summed E-state index contributed by atoms with van der Waals surface area (Å²) in [5.41, 5.74) is 5.54. The van der Waals surface area contributed by atoms with E-state index >= 15 is 0 Å². The molecule has 0 radical (unpaired) electrons. The maximum Gasteiger partial charge on any atom is 0.272 e. The second-order valence-electron chi connectivity index (χ2n) is 15.9. The summed E-state index contributed by atoms with van der Waals surface area (Å²) in [6.45, 7) is 8.64. The lowest BCUT2D eigenvalue weighted by atomic mass is 9.61. The van der Waals surface area contributed by atoms with Gasteiger partial charge in [0.05, 0.1) is 28.5 Å². The Morgan fingerprint density at radius 1 is 0.912 bits per heavy atom. The molecular weight excluding hydrogens is 758 g/mol. The van der Waals surface area contributed by atoms with Crippen LogP contribution in [0.1, 0.15) is 101 Å². The van der Waals surface area contributed by atoms with Gasteiger partial charge in [-0.05, 0) is 132 Å². The van der Waals surface area contributed by atoms with Crippen LogP contribution in [0.2, 0.25) is 5.02 Å². The number of rotatable bonds is 8. The van der Waals surface area contributed by atoms with E-state index in [1.165, 1.54) is 10.4 Å². The number of piperidine rings is 1. The van der Waals surface area contributed by atoms with E-state index in [1.54, 1.807) is 35.6 Å². The number of aliphatic imine (C=N–C) groups is 1. The first kappa shape index (κ1) is 37.3. The van der Waals surface area contributed by atoms with Gasteiger partial charge in [-0.15, -0.1) is 31.7 Å². The minimum atomic E-state index is -0.203. The number of carbonyl (C=O) groups excluding carboxylic acids is 1. The number of ether oxygens (including phenoxy) is 2. The first-order valence-corrected chi connectivity index (χ1v) is 20.9. The van der Waals surface area contributed by atoms with Crippen LogP contribution < -0.4 is 19.7 Å². The van der Waals surface area contributed by atoms with Crippen LogP contribution in [0.15, 0.2) is 59.6 Å². The molecule has 1 amide bonds. The van der Waals surface area contributed by atoms with Gasteiger partial charge in [-0.3, -0.25) is 14.4 Å². The molecule has 2 saturated carbocycles. The summed E-state index contributed by atoms with van der Waals surface area (Å²) >= 11 is 7.93. The molecule has 292 valence electrons. The molecular formula is C43H44ClN9O3S. The van der Waals surface area contributed by atoms with E-state index in [2.05, 4.69) is 79.4 Å². The van der Waals surface area contributed by atoms with Crippen molar-refractivity contribution in [3.63, 3.8) is 0 Å². The third kappa shape index (κ3) is 7.37. The van der Waals surface area contributed by atoms with Crippen LogP contribution in [-0.2, 0) is 6.54 Å². The molecule has 4 aliphatic rings. The topological polar surface area (TPSA) is 143 Å². The second kappa shape index (κ2) is 15.2. The summed E-state index contributed by atoms with van der Waals surface area (Å²) in [5, 5.41) is 31.2. The number of hydrogen-bond acceptors (Lipinski definition) is 11. The number of fused-ring (bicyclic) bond motifs is 3. The molecule has 3 fully saturated rings. The van der Waals surface area contributed by atoms with Gasteiger partial charge in [0.25, 0.3) is 5.91 Å². The van der Waals surface area contributed by atoms with Gasteiger partial charge in [0.2, 0.25) is 0 Å². The number of aromatic nitrogens is 5. The number of amides is 1. The van der Waals surface area contributed by atoms with Crippen molar-refractivity contribution < 1.29 is 14.3 Å². The molecule has 14 heteroatoms. The highest BCUT2D eigenvalue weighted by Crippen LogP contribution is 2.50. The van der Waals surface area contributed by atoms with Crippen molar-refractivity contribution in [2.75, 3.05) is 18.0 Å². The average molecular weight is 802 g/mol. The number of halogens is 1. The zero-order valence-corrected chi connectivity index (χ0v) is 33.9. The van der Waals surface area contributed by atoms with Crippen molar-refractivity contribution in [2.24, 2.45) is 10.4 Å². The Morgan fingerprint density at radius 2 is 1.65 bits per heavy atom. The fourth-order valence-corrected chi connectivity index (χ4v) is 10.3. The summed E-state index contributed by atoms with van der Waals surface area (Å²) < 4.78 is 14.7. The Hall–Kier alpha value is -5.32. The number of aryl methyl sites for hydroxylation is 2. The van der Waals surface area contributed by atoms with Gasteiger partial charge < -0.3 is 19.7 Å². The van der Waals surface area contributed by atoms with Crippen LogP contribution in [0, 0.1) is 37.5 Å². The van der Waals surface area contributed by atoms with E-state index in [0.717, 1.165) is 110 Å². The van der Waals surface area contributed by atoms with Crippen molar-refractivity contribution in [3.8, 4) is 22.6 Å². The number of hydrogen-bond donors (Lipinski definition) is 1. The number of carbonyl (C=O) groups is 1. The van der Waals surface area contributed by atoms with Crippen molar-refractivity contribution in [1.82, 2.24) is 30.3 Å². The predicted octanol–water partition coefficient (Wildman–Crippen LogP) is 7.87. The molecule has 2 aliphatic carbocycles. The van der Waals surface area contributed by atoms with Crippen LogP contribution in [0.25, 0.3) is 5.00 Å². The van der Waals surface area contributed by atoms with Gasteiger partial charge >= 0.3 is 0 Å². The molecule has 0 unspecified atom stereocenters. The summed E-state index contributed by atoms with van der Waals surface area (Å²) in [4.78, 5) is 21.6. The van der Waals surface area contributed by atoms with Crippen molar-refractivity contribution in [3.05, 3.63) is 104 Å². The molecule has 1 spiro atoms. The molecule has 9 rings (SSSR count). The minimum absolute atomic E-state index is 0.0366. The third-order valence-corrected chi connectivity index (χ3v) is 13.7. The highest BCUT2D eigenvalue weighted by atomic mass is 35.5. The first-order chi connectivity index (χ1) is 27.6. The molecule has 5 aromatic rings. The molecule has 0 atom stereocenters. The summed E-state index contributed by atoms with van der Waals surface area (Å²) in [7, 11) is 0. The van der Waals surface area contributed by atoms with Crippen LogP contribution >= 0.6 is 22.9 Å². The maximum absolute atomic E-state index is 13.0. The van der Waals surface area contributed by atoms with Gasteiger partial charge in [0, 0.05) is 41.2 Å².